The van der Waals surface area contributed by atoms with Crippen LogP contribution in [0.4, 0.5) is 0 Å². The maximum absolute atomic E-state index is 6.04. The number of rotatable bonds is 0. The summed E-state index contributed by atoms with van der Waals surface area (Å²) in [6.07, 6.45) is 15.3. The molecule has 0 amide bonds. The Morgan fingerprint density at radius 2 is 1.30 bits per heavy atom. The Kier molecular flexibility index (Phi) is 6.09. The lowest BCUT2D eigenvalue weighted by atomic mass is 10.0. The van der Waals surface area contributed by atoms with E-state index >= 15 is 0 Å². The molecule has 2 heteroatoms. The molecular weight excluding hydrogens is 284 g/mol. The molecule has 1 aromatic carbocycles. The summed E-state index contributed by atoms with van der Waals surface area (Å²) in [6, 6.07) is 9.98. The summed E-state index contributed by atoms with van der Waals surface area (Å²) in [4.78, 5) is 0. The second-order valence-electron chi connectivity index (χ2n) is 5.99. The molecule has 1 aliphatic carbocycles. The number of allylic oxidation sites excluding steroid dienone is 4. The molecule has 2 aliphatic rings. The topological polar surface area (TPSA) is 18.5 Å². The number of hydrogen-bond donors (Lipinski definition) is 0. The summed E-state index contributed by atoms with van der Waals surface area (Å²) in [5.41, 5.74) is 0.997. The van der Waals surface area contributed by atoms with Crippen LogP contribution in [0.15, 0.2) is 54.6 Å². The van der Waals surface area contributed by atoms with Gasteiger partial charge in [0.1, 0.15) is 0 Å². The van der Waals surface area contributed by atoms with Gasteiger partial charge in [-0.25, -0.2) is 0 Å². The van der Waals surface area contributed by atoms with Crippen molar-refractivity contribution < 1.29 is 9.47 Å². The van der Waals surface area contributed by atoms with E-state index in [9.17, 15) is 0 Å². The van der Waals surface area contributed by atoms with Crippen LogP contribution in [0.25, 0.3) is 0 Å². The van der Waals surface area contributed by atoms with Gasteiger partial charge in [-0.15, -0.1) is 0 Å². The molecule has 3 rings (SSSR count). The molecule has 1 fully saturated rings. The zero-order valence-electron chi connectivity index (χ0n) is 13.5. The monoisotopic (exact) mass is 308 g/mol. The summed E-state index contributed by atoms with van der Waals surface area (Å²) in [5, 5.41) is 0. The van der Waals surface area contributed by atoms with Crippen LogP contribution in [0, 0.1) is 11.8 Å². The first-order valence-electron chi connectivity index (χ1n) is 8.59. The van der Waals surface area contributed by atoms with Gasteiger partial charge >= 0.3 is 0 Å². The number of benzene rings is 1. The maximum Gasteiger partial charge on any atom is 0.223 e. The standard InChI is InChI=1S/C21H24O2/c1-2-4-6-11-15-20-19(14-10-5-3-1)22-21(23-20)17-16-18-12-8-7-9-13-18/h3-9,12-13,19-21H,1-2,10-11,14-15H2/b5-3-,6-4+/t19-,20-,21?/m0/s1. The van der Waals surface area contributed by atoms with Gasteiger partial charge in [-0.2, -0.15) is 0 Å². The molecule has 0 saturated carbocycles. The molecule has 1 aliphatic heterocycles. The summed E-state index contributed by atoms with van der Waals surface area (Å²) < 4.78 is 12.1. The first-order chi connectivity index (χ1) is 11.4. The Morgan fingerprint density at radius 3 is 1.91 bits per heavy atom. The fourth-order valence-electron chi connectivity index (χ4n) is 2.95. The van der Waals surface area contributed by atoms with Gasteiger partial charge in [0.15, 0.2) is 0 Å². The molecule has 0 radical (unpaired) electrons. The van der Waals surface area contributed by atoms with E-state index in [2.05, 4.69) is 36.1 Å². The zero-order valence-corrected chi connectivity index (χ0v) is 13.5. The van der Waals surface area contributed by atoms with Gasteiger partial charge in [0.25, 0.3) is 0 Å². The summed E-state index contributed by atoms with van der Waals surface area (Å²) >= 11 is 0. The van der Waals surface area contributed by atoms with Gasteiger partial charge in [-0.05, 0) is 56.6 Å². The highest BCUT2D eigenvalue weighted by molar-refractivity contribution is 5.34. The van der Waals surface area contributed by atoms with Crippen LogP contribution in [0.2, 0.25) is 0 Å². The number of ether oxygens (including phenoxy) is 2. The smallest absolute Gasteiger partial charge is 0.223 e. The molecule has 23 heavy (non-hydrogen) atoms. The van der Waals surface area contributed by atoms with Crippen LogP contribution < -0.4 is 0 Å². The van der Waals surface area contributed by atoms with Crippen LogP contribution in [0.1, 0.15) is 44.1 Å². The predicted octanol–water partition coefficient (Wildman–Crippen LogP) is 4.61. The van der Waals surface area contributed by atoms with E-state index in [1.54, 1.807) is 0 Å². The fourth-order valence-corrected chi connectivity index (χ4v) is 2.95. The third-order valence-electron chi connectivity index (χ3n) is 4.19. The molecule has 1 saturated heterocycles. The van der Waals surface area contributed by atoms with Crippen LogP contribution in [-0.4, -0.2) is 18.5 Å². The van der Waals surface area contributed by atoms with Gasteiger partial charge < -0.3 is 9.47 Å². The van der Waals surface area contributed by atoms with E-state index in [1.165, 1.54) is 0 Å². The summed E-state index contributed by atoms with van der Waals surface area (Å²) in [5.74, 6) is 6.26. The lowest BCUT2D eigenvalue weighted by Gasteiger charge is -2.15. The molecule has 2 nitrogen and oxygen atoms in total. The Bertz CT molecular complexity index is 565. The van der Waals surface area contributed by atoms with E-state index in [0.717, 1.165) is 44.1 Å². The average molecular weight is 308 g/mol. The van der Waals surface area contributed by atoms with Crippen LogP contribution in [0.5, 0.6) is 0 Å². The van der Waals surface area contributed by atoms with E-state index in [1.807, 2.05) is 30.3 Å². The van der Waals surface area contributed by atoms with Gasteiger partial charge in [-0.3, -0.25) is 0 Å². The minimum atomic E-state index is -0.400. The molecule has 0 aromatic heterocycles. The van der Waals surface area contributed by atoms with E-state index < -0.39 is 6.29 Å². The molecule has 0 spiro atoms. The Morgan fingerprint density at radius 1 is 0.739 bits per heavy atom. The molecular formula is C21H24O2. The Labute approximate surface area is 139 Å². The number of fused-ring (bicyclic) bond motifs is 1. The molecule has 0 N–H and O–H groups in total. The van der Waals surface area contributed by atoms with Crippen molar-refractivity contribution in [3.8, 4) is 11.8 Å². The second-order valence-corrected chi connectivity index (χ2v) is 5.99. The third kappa shape index (κ3) is 5.10. The summed E-state index contributed by atoms with van der Waals surface area (Å²) in [7, 11) is 0. The highest BCUT2D eigenvalue weighted by atomic mass is 16.7. The Balaban J connectivity index is 1.63. The van der Waals surface area contributed by atoms with Crippen molar-refractivity contribution in [2.45, 2.75) is 57.0 Å². The molecule has 1 unspecified atom stereocenters. The molecule has 120 valence electrons. The quantitative estimate of drug-likeness (QED) is 0.514. The minimum Gasteiger partial charge on any atom is -0.336 e. The molecule has 1 aromatic rings. The minimum absolute atomic E-state index is 0.155. The fraction of sp³-hybridized carbons (Fsp3) is 0.429. The molecule has 0 bridgehead atoms. The SMILES string of the molecule is C(#CC1O[C@H]2CC/C=C\CC/C=C/CC[C@@H]2O1)c1ccccc1. The van der Waals surface area contributed by atoms with Crippen molar-refractivity contribution in [1.82, 2.24) is 0 Å². The highest BCUT2D eigenvalue weighted by Crippen LogP contribution is 2.26. The van der Waals surface area contributed by atoms with Crippen molar-refractivity contribution in [1.29, 1.82) is 0 Å². The largest absolute Gasteiger partial charge is 0.336 e. The van der Waals surface area contributed by atoms with Gasteiger partial charge in [0.2, 0.25) is 6.29 Å². The lowest BCUT2D eigenvalue weighted by Crippen LogP contribution is -2.22. The normalized spacial score (nSPS) is 30.9. The van der Waals surface area contributed by atoms with Crippen molar-refractivity contribution in [3.63, 3.8) is 0 Å². The molecule has 3 atom stereocenters. The summed E-state index contributed by atoms with van der Waals surface area (Å²) in [6.45, 7) is 0. The third-order valence-corrected chi connectivity index (χ3v) is 4.19. The van der Waals surface area contributed by atoms with Crippen molar-refractivity contribution in [2.75, 3.05) is 0 Å². The van der Waals surface area contributed by atoms with Crippen molar-refractivity contribution in [2.24, 2.45) is 0 Å². The van der Waals surface area contributed by atoms with E-state index in [0.29, 0.717) is 0 Å². The lowest BCUT2D eigenvalue weighted by molar-refractivity contribution is -0.0221. The van der Waals surface area contributed by atoms with E-state index in [4.69, 9.17) is 9.47 Å². The highest BCUT2D eigenvalue weighted by Gasteiger charge is 2.34. The number of hydrogen-bond acceptors (Lipinski definition) is 2. The Hall–Kier alpha value is -1.82. The predicted molar refractivity (Wildman–Crippen MR) is 92.8 cm³/mol. The van der Waals surface area contributed by atoms with E-state index in [-0.39, 0.29) is 12.2 Å². The van der Waals surface area contributed by atoms with Crippen LogP contribution in [-0.2, 0) is 9.47 Å². The van der Waals surface area contributed by atoms with Crippen LogP contribution in [0.3, 0.4) is 0 Å². The first-order valence-corrected chi connectivity index (χ1v) is 8.59. The van der Waals surface area contributed by atoms with Gasteiger partial charge in [-0.1, -0.05) is 48.4 Å². The average Bonchev–Trinajstić information content (AvgIpc) is 2.96. The first kappa shape index (κ1) is 16.1. The molecule has 1 heterocycles. The van der Waals surface area contributed by atoms with Gasteiger partial charge in [0, 0.05) is 5.56 Å². The van der Waals surface area contributed by atoms with Crippen LogP contribution >= 0.6 is 0 Å². The van der Waals surface area contributed by atoms with Gasteiger partial charge in [0.05, 0.1) is 12.2 Å². The van der Waals surface area contributed by atoms with Crippen molar-refractivity contribution in [3.05, 3.63) is 60.2 Å². The van der Waals surface area contributed by atoms with Crippen molar-refractivity contribution >= 4 is 0 Å². The second kappa shape index (κ2) is 8.72. The maximum atomic E-state index is 6.04. The zero-order chi connectivity index (χ0) is 15.7.